The van der Waals surface area contributed by atoms with Gasteiger partial charge in [0.15, 0.2) is 0 Å². The third kappa shape index (κ3) is 2.88. The van der Waals surface area contributed by atoms with Gasteiger partial charge in [-0.15, -0.1) is 11.8 Å². The lowest BCUT2D eigenvalue weighted by Gasteiger charge is -2.46. The SMILES string of the molecule is CN1CCCC2CN(CC3Cc4ccccc4S3)CCC21. The van der Waals surface area contributed by atoms with E-state index in [0.29, 0.717) is 0 Å². The molecule has 3 heteroatoms. The lowest BCUT2D eigenvalue weighted by atomic mass is 9.84. The molecule has 3 atom stereocenters. The van der Waals surface area contributed by atoms with Crippen molar-refractivity contribution in [3.8, 4) is 0 Å². The molecule has 0 radical (unpaired) electrons. The molecule has 0 amide bonds. The van der Waals surface area contributed by atoms with Crippen molar-refractivity contribution in [2.75, 3.05) is 33.2 Å². The van der Waals surface area contributed by atoms with E-state index in [4.69, 9.17) is 0 Å². The summed E-state index contributed by atoms with van der Waals surface area (Å²) >= 11 is 2.11. The van der Waals surface area contributed by atoms with E-state index in [1.54, 1.807) is 5.56 Å². The fourth-order valence-corrected chi connectivity index (χ4v) is 5.90. The first-order valence-electron chi connectivity index (χ1n) is 8.47. The number of piperidine rings is 2. The number of thioether (sulfide) groups is 1. The highest BCUT2D eigenvalue weighted by Gasteiger charge is 2.35. The highest BCUT2D eigenvalue weighted by molar-refractivity contribution is 8.00. The molecule has 0 aliphatic carbocycles. The van der Waals surface area contributed by atoms with E-state index in [-0.39, 0.29) is 0 Å². The molecule has 0 N–H and O–H groups in total. The molecule has 2 saturated heterocycles. The Morgan fingerprint density at radius 3 is 3.00 bits per heavy atom. The summed E-state index contributed by atoms with van der Waals surface area (Å²) in [6.45, 7) is 5.24. The fraction of sp³-hybridized carbons (Fsp3) is 0.667. The van der Waals surface area contributed by atoms with Gasteiger partial charge in [-0.1, -0.05) is 18.2 Å². The topological polar surface area (TPSA) is 6.48 Å². The van der Waals surface area contributed by atoms with Gasteiger partial charge in [0, 0.05) is 29.3 Å². The van der Waals surface area contributed by atoms with Gasteiger partial charge in [0.1, 0.15) is 0 Å². The van der Waals surface area contributed by atoms with Gasteiger partial charge in [0.2, 0.25) is 0 Å². The first-order valence-corrected chi connectivity index (χ1v) is 9.35. The van der Waals surface area contributed by atoms with Gasteiger partial charge in [-0.25, -0.2) is 0 Å². The summed E-state index contributed by atoms with van der Waals surface area (Å²) in [5, 5.41) is 0.778. The van der Waals surface area contributed by atoms with Gasteiger partial charge in [-0.3, -0.25) is 0 Å². The number of fused-ring (bicyclic) bond motifs is 2. The van der Waals surface area contributed by atoms with Crippen LogP contribution in [0, 0.1) is 5.92 Å². The Morgan fingerprint density at radius 1 is 1.19 bits per heavy atom. The molecule has 3 unspecified atom stereocenters. The number of nitrogens with zero attached hydrogens (tertiary/aromatic N) is 2. The molecule has 21 heavy (non-hydrogen) atoms. The van der Waals surface area contributed by atoms with Crippen LogP contribution in [0.4, 0.5) is 0 Å². The highest BCUT2D eigenvalue weighted by Crippen LogP contribution is 2.38. The Labute approximate surface area is 132 Å². The van der Waals surface area contributed by atoms with E-state index in [1.165, 1.54) is 56.8 Å². The van der Waals surface area contributed by atoms with Crippen LogP contribution in [-0.2, 0) is 6.42 Å². The Balaban J connectivity index is 1.35. The molecule has 2 fully saturated rings. The first-order chi connectivity index (χ1) is 10.3. The zero-order chi connectivity index (χ0) is 14.2. The van der Waals surface area contributed by atoms with E-state index in [2.05, 4.69) is 52.9 Å². The molecule has 1 aromatic carbocycles. The molecule has 0 spiro atoms. The molecule has 114 valence electrons. The largest absolute Gasteiger partial charge is 0.303 e. The predicted molar refractivity (Wildman–Crippen MR) is 90.0 cm³/mol. The molecule has 1 aromatic rings. The van der Waals surface area contributed by atoms with Crippen molar-refractivity contribution in [3.05, 3.63) is 29.8 Å². The van der Waals surface area contributed by atoms with Gasteiger partial charge in [-0.05, 0) is 63.4 Å². The van der Waals surface area contributed by atoms with Gasteiger partial charge < -0.3 is 9.80 Å². The van der Waals surface area contributed by atoms with Crippen molar-refractivity contribution >= 4 is 11.8 Å². The van der Waals surface area contributed by atoms with Crippen molar-refractivity contribution in [2.24, 2.45) is 5.92 Å². The summed E-state index contributed by atoms with van der Waals surface area (Å²) in [4.78, 5) is 6.89. The average molecular weight is 302 g/mol. The van der Waals surface area contributed by atoms with Gasteiger partial charge >= 0.3 is 0 Å². The second-order valence-electron chi connectivity index (χ2n) is 7.05. The summed E-state index contributed by atoms with van der Waals surface area (Å²) in [7, 11) is 2.33. The minimum atomic E-state index is 0.778. The molecule has 3 heterocycles. The van der Waals surface area contributed by atoms with Crippen molar-refractivity contribution < 1.29 is 0 Å². The van der Waals surface area contributed by atoms with E-state index in [9.17, 15) is 0 Å². The summed E-state index contributed by atoms with van der Waals surface area (Å²) in [5.74, 6) is 0.922. The predicted octanol–water partition coefficient (Wildman–Crippen LogP) is 3.12. The van der Waals surface area contributed by atoms with Crippen LogP contribution in [0.3, 0.4) is 0 Å². The molecule has 0 bridgehead atoms. The molecule has 0 aromatic heterocycles. The number of benzene rings is 1. The van der Waals surface area contributed by atoms with Crippen LogP contribution in [-0.4, -0.2) is 54.3 Å². The Hall–Kier alpha value is -0.510. The quantitative estimate of drug-likeness (QED) is 0.829. The van der Waals surface area contributed by atoms with Gasteiger partial charge in [-0.2, -0.15) is 0 Å². The molecular weight excluding hydrogens is 276 g/mol. The summed E-state index contributed by atoms with van der Waals surface area (Å²) in [5.41, 5.74) is 1.57. The van der Waals surface area contributed by atoms with Crippen LogP contribution in [0.1, 0.15) is 24.8 Å². The number of hydrogen-bond acceptors (Lipinski definition) is 3. The van der Waals surface area contributed by atoms with Crippen molar-refractivity contribution in [1.82, 2.24) is 9.80 Å². The van der Waals surface area contributed by atoms with E-state index < -0.39 is 0 Å². The van der Waals surface area contributed by atoms with Gasteiger partial charge in [0.25, 0.3) is 0 Å². The second-order valence-corrected chi connectivity index (χ2v) is 8.39. The maximum Gasteiger partial charge on any atom is 0.0263 e. The molecule has 3 aliphatic rings. The lowest BCUT2D eigenvalue weighted by Crippen LogP contribution is -2.53. The summed E-state index contributed by atoms with van der Waals surface area (Å²) in [6.07, 6.45) is 5.50. The van der Waals surface area contributed by atoms with E-state index in [1.807, 2.05) is 0 Å². The number of rotatable bonds is 2. The number of hydrogen-bond donors (Lipinski definition) is 0. The average Bonchev–Trinajstić information content (AvgIpc) is 2.89. The Morgan fingerprint density at radius 2 is 2.10 bits per heavy atom. The Kier molecular flexibility index (Phi) is 3.99. The standard InChI is InChI=1S/C18H26N2S/c1-19-9-4-6-15-12-20(10-8-17(15)19)13-16-11-14-5-2-3-7-18(14)21-16/h2-3,5,7,15-17H,4,6,8-13H2,1H3. The monoisotopic (exact) mass is 302 g/mol. The zero-order valence-electron chi connectivity index (χ0n) is 13.0. The molecule has 2 nitrogen and oxygen atoms in total. The molecular formula is C18H26N2S. The smallest absolute Gasteiger partial charge is 0.0263 e. The lowest BCUT2D eigenvalue weighted by molar-refractivity contribution is 0.0390. The zero-order valence-corrected chi connectivity index (χ0v) is 13.8. The molecule has 3 aliphatic heterocycles. The minimum absolute atomic E-state index is 0.778. The maximum absolute atomic E-state index is 2.75. The van der Waals surface area contributed by atoms with E-state index in [0.717, 1.165) is 17.2 Å². The minimum Gasteiger partial charge on any atom is -0.303 e. The molecule has 4 rings (SSSR count). The van der Waals surface area contributed by atoms with Crippen molar-refractivity contribution in [1.29, 1.82) is 0 Å². The first kappa shape index (κ1) is 14.1. The van der Waals surface area contributed by atoms with Crippen LogP contribution in [0.25, 0.3) is 0 Å². The van der Waals surface area contributed by atoms with E-state index >= 15 is 0 Å². The maximum atomic E-state index is 2.75. The normalized spacial score (nSPS) is 33.7. The van der Waals surface area contributed by atoms with Crippen LogP contribution in [0.5, 0.6) is 0 Å². The Bertz CT molecular complexity index is 479. The van der Waals surface area contributed by atoms with Crippen LogP contribution in [0.2, 0.25) is 0 Å². The summed E-state index contributed by atoms with van der Waals surface area (Å²) < 4.78 is 0. The second kappa shape index (κ2) is 5.94. The fourth-order valence-electron chi connectivity index (χ4n) is 4.54. The van der Waals surface area contributed by atoms with Gasteiger partial charge in [0.05, 0.1) is 0 Å². The van der Waals surface area contributed by atoms with Crippen molar-refractivity contribution in [2.45, 2.75) is 41.9 Å². The summed E-state index contributed by atoms with van der Waals surface area (Å²) in [6, 6.07) is 9.83. The van der Waals surface area contributed by atoms with Crippen LogP contribution in [0.15, 0.2) is 29.2 Å². The third-order valence-corrected chi connectivity index (χ3v) is 6.91. The number of likely N-dealkylation sites (tertiary alicyclic amines) is 2. The van der Waals surface area contributed by atoms with Crippen molar-refractivity contribution in [3.63, 3.8) is 0 Å². The van der Waals surface area contributed by atoms with Crippen LogP contribution < -0.4 is 0 Å². The highest BCUT2D eigenvalue weighted by atomic mass is 32.2. The third-order valence-electron chi connectivity index (χ3n) is 5.61. The van der Waals surface area contributed by atoms with Crippen LogP contribution >= 0.6 is 11.8 Å². The molecule has 0 saturated carbocycles.